The standard InChI is InChI=1S/C14H30N2/c1-5-7-13(6-2)16(4)14-10-8-12(15-3)9-11-14/h12-15H,5-11H2,1-4H3. The van der Waals surface area contributed by atoms with Crippen molar-refractivity contribution in [2.24, 2.45) is 0 Å². The Morgan fingerprint density at radius 2 is 1.81 bits per heavy atom. The van der Waals surface area contributed by atoms with E-state index in [9.17, 15) is 0 Å². The minimum Gasteiger partial charge on any atom is -0.317 e. The normalized spacial score (nSPS) is 28.3. The molecule has 0 heterocycles. The maximum Gasteiger partial charge on any atom is 0.00962 e. The van der Waals surface area contributed by atoms with Crippen LogP contribution in [-0.2, 0) is 0 Å². The zero-order chi connectivity index (χ0) is 12.0. The number of nitrogens with one attached hydrogen (secondary N) is 1. The predicted octanol–water partition coefficient (Wildman–Crippen LogP) is 3.03. The molecule has 16 heavy (non-hydrogen) atoms. The first-order valence-corrected chi connectivity index (χ1v) is 7.12. The molecular weight excluding hydrogens is 196 g/mol. The molecule has 1 N–H and O–H groups in total. The van der Waals surface area contributed by atoms with Crippen LogP contribution < -0.4 is 5.32 Å². The van der Waals surface area contributed by atoms with E-state index in [4.69, 9.17) is 0 Å². The lowest BCUT2D eigenvalue weighted by Crippen LogP contribution is -2.44. The summed E-state index contributed by atoms with van der Waals surface area (Å²) in [6.45, 7) is 4.63. The molecule has 1 saturated carbocycles. The smallest absolute Gasteiger partial charge is 0.00962 e. The number of hydrogen-bond acceptors (Lipinski definition) is 2. The van der Waals surface area contributed by atoms with Crippen LogP contribution in [0.1, 0.15) is 58.8 Å². The first kappa shape index (κ1) is 14.0. The van der Waals surface area contributed by atoms with E-state index in [0.717, 1.165) is 18.1 Å². The zero-order valence-electron chi connectivity index (χ0n) is 11.6. The van der Waals surface area contributed by atoms with E-state index in [2.05, 4.69) is 38.2 Å². The lowest BCUT2D eigenvalue weighted by Gasteiger charge is -2.39. The molecule has 0 amide bonds. The lowest BCUT2D eigenvalue weighted by atomic mass is 9.89. The van der Waals surface area contributed by atoms with Crippen LogP contribution in [0.3, 0.4) is 0 Å². The molecular formula is C14H30N2. The van der Waals surface area contributed by atoms with Gasteiger partial charge in [-0.15, -0.1) is 0 Å². The topological polar surface area (TPSA) is 15.3 Å². The van der Waals surface area contributed by atoms with E-state index in [1.54, 1.807) is 0 Å². The molecule has 0 aliphatic heterocycles. The Labute approximate surface area is 102 Å². The van der Waals surface area contributed by atoms with E-state index in [0.29, 0.717) is 0 Å². The summed E-state index contributed by atoms with van der Waals surface area (Å²) in [6, 6.07) is 2.41. The van der Waals surface area contributed by atoms with Gasteiger partial charge in [-0.25, -0.2) is 0 Å². The Hall–Kier alpha value is -0.0800. The van der Waals surface area contributed by atoms with Gasteiger partial charge >= 0.3 is 0 Å². The molecule has 1 unspecified atom stereocenters. The fourth-order valence-electron chi connectivity index (χ4n) is 3.10. The highest BCUT2D eigenvalue weighted by Gasteiger charge is 2.26. The van der Waals surface area contributed by atoms with Crippen LogP contribution in [0.15, 0.2) is 0 Å². The molecule has 1 aliphatic rings. The Balaban J connectivity index is 2.39. The molecule has 1 fully saturated rings. The van der Waals surface area contributed by atoms with Crippen molar-refractivity contribution < 1.29 is 0 Å². The van der Waals surface area contributed by atoms with Gasteiger partial charge in [-0.05, 0) is 52.6 Å². The minimum absolute atomic E-state index is 0.774. The second-order valence-corrected chi connectivity index (χ2v) is 5.31. The zero-order valence-corrected chi connectivity index (χ0v) is 11.6. The molecule has 96 valence electrons. The van der Waals surface area contributed by atoms with Crippen molar-refractivity contribution in [1.82, 2.24) is 10.2 Å². The maximum atomic E-state index is 3.41. The Bertz CT molecular complexity index is 174. The van der Waals surface area contributed by atoms with E-state index in [1.165, 1.54) is 44.9 Å². The van der Waals surface area contributed by atoms with E-state index in [-0.39, 0.29) is 0 Å². The summed E-state index contributed by atoms with van der Waals surface area (Å²) < 4.78 is 0. The van der Waals surface area contributed by atoms with Crippen molar-refractivity contribution in [3.8, 4) is 0 Å². The van der Waals surface area contributed by atoms with Crippen LogP contribution in [0.25, 0.3) is 0 Å². The summed E-state index contributed by atoms with van der Waals surface area (Å²) in [7, 11) is 4.44. The quantitative estimate of drug-likeness (QED) is 0.749. The van der Waals surface area contributed by atoms with Crippen LogP contribution in [0.4, 0.5) is 0 Å². The van der Waals surface area contributed by atoms with Crippen LogP contribution >= 0.6 is 0 Å². The third-order valence-corrected chi connectivity index (χ3v) is 4.35. The summed E-state index contributed by atoms with van der Waals surface area (Å²) in [5.41, 5.74) is 0. The number of hydrogen-bond donors (Lipinski definition) is 1. The molecule has 1 atom stereocenters. The first-order valence-electron chi connectivity index (χ1n) is 7.12. The van der Waals surface area contributed by atoms with Crippen molar-refractivity contribution in [2.75, 3.05) is 14.1 Å². The molecule has 0 saturated heterocycles. The van der Waals surface area contributed by atoms with Gasteiger partial charge in [0.05, 0.1) is 0 Å². The van der Waals surface area contributed by atoms with E-state index >= 15 is 0 Å². The van der Waals surface area contributed by atoms with Gasteiger partial charge in [-0.3, -0.25) is 0 Å². The largest absolute Gasteiger partial charge is 0.317 e. The highest BCUT2D eigenvalue weighted by atomic mass is 15.2. The second kappa shape index (κ2) is 7.29. The van der Waals surface area contributed by atoms with Gasteiger partial charge < -0.3 is 10.2 Å². The van der Waals surface area contributed by atoms with Gasteiger partial charge in [0, 0.05) is 18.1 Å². The average Bonchev–Trinajstić information content (AvgIpc) is 2.35. The van der Waals surface area contributed by atoms with Crippen LogP contribution in [-0.4, -0.2) is 37.1 Å². The summed E-state index contributed by atoms with van der Waals surface area (Å²) in [5.74, 6) is 0. The van der Waals surface area contributed by atoms with E-state index in [1.807, 2.05) is 0 Å². The first-order chi connectivity index (χ1) is 7.72. The van der Waals surface area contributed by atoms with Gasteiger partial charge in [-0.2, -0.15) is 0 Å². The molecule has 0 spiro atoms. The van der Waals surface area contributed by atoms with Crippen molar-refractivity contribution >= 4 is 0 Å². The Morgan fingerprint density at radius 1 is 1.19 bits per heavy atom. The van der Waals surface area contributed by atoms with Crippen molar-refractivity contribution in [3.63, 3.8) is 0 Å². The van der Waals surface area contributed by atoms with Gasteiger partial charge in [0.1, 0.15) is 0 Å². The molecule has 0 aromatic carbocycles. The fraction of sp³-hybridized carbons (Fsp3) is 1.00. The van der Waals surface area contributed by atoms with Crippen LogP contribution in [0, 0.1) is 0 Å². The lowest BCUT2D eigenvalue weighted by molar-refractivity contribution is 0.118. The molecule has 0 bridgehead atoms. The van der Waals surface area contributed by atoms with Gasteiger partial charge in [0.15, 0.2) is 0 Å². The van der Waals surface area contributed by atoms with Crippen molar-refractivity contribution in [3.05, 3.63) is 0 Å². The Kier molecular flexibility index (Phi) is 6.37. The summed E-state index contributed by atoms with van der Waals surface area (Å²) in [6.07, 6.45) is 9.44. The minimum atomic E-state index is 0.774. The van der Waals surface area contributed by atoms with Gasteiger partial charge in [0.2, 0.25) is 0 Å². The van der Waals surface area contributed by atoms with Crippen molar-refractivity contribution in [2.45, 2.75) is 76.9 Å². The second-order valence-electron chi connectivity index (χ2n) is 5.31. The Morgan fingerprint density at radius 3 is 2.25 bits per heavy atom. The van der Waals surface area contributed by atoms with Crippen LogP contribution in [0.2, 0.25) is 0 Å². The van der Waals surface area contributed by atoms with E-state index < -0.39 is 0 Å². The summed E-state index contributed by atoms with van der Waals surface area (Å²) in [5, 5.41) is 3.41. The molecule has 1 aliphatic carbocycles. The summed E-state index contributed by atoms with van der Waals surface area (Å²) >= 11 is 0. The highest BCUT2D eigenvalue weighted by Crippen LogP contribution is 2.25. The molecule has 0 radical (unpaired) electrons. The average molecular weight is 226 g/mol. The molecule has 0 aromatic heterocycles. The van der Waals surface area contributed by atoms with Crippen molar-refractivity contribution in [1.29, 1.82) is 0 Å². The molecule has 2 heteroatoms. The number of rotatable bonds is 6. The maximum absolute atomic E-state index is 3.41. The fourth-order valence-corrected chi connectivity index (χ4v) is 3.10. The summed E-state index contributed by atoms with van der Waals surface area (Å²) in [4.78, 5) is 2.66. The third-order valence-electron chi connectivity index (χ3n) is 4.35. The van der Waals surface area contributed by atoms with Gasteiger partial charge in [0.25, 0.3) is 0 Å². The van der Waals surface area contributed by atoms with Crippen LogP contribution in [0.5, 0.6) is 0 Å². The molecule has 1 rings (SSSR count). The highest BCUT2D eigenvalue weighted by molar-refractivity contribution is 4.83. The monoisotopic (exact) mass is 226 g/mol. The SMILES string of the molecule is CCCC(CC)N(C)C1CCC(NC)CC1. The third kappa shape index (κ3) is 3.74. The number of nitrogens with zero attached hydrogens (tertiary/aromatic N) is 1. The van der Waals surface area contributed by atoms with Gasteiger partial charge in [-0.1, -0.05) is 20.3 Å². The molecule has 2 nitrogen and oxygen atoms in total. The predicted molar refractivity (Wildman–Crippen MR) is 71.9 cm³/mol. The molecule has 0 aromatic rings.